The van der Waals surface area contributed by atoms with Crippen LogP contribution < -0.4 is 5.32 Å². The van der Waals surface area contributed by atoms with Crippen molar-refractivity contribution in [3.63, 3.8) is 0 Å². The molecule has 0 atom stereocenters. The van der Waals surface area contributed by atoms with Crippen LogP contribution in [-0.4, -0.2) is 47.1 Å². The van der Waals surface area contributed by atoms with Gasteiger partial charge >= 0.3 is 5.97 Å². The number of aliphatic carboxylic acids is 1. The number of carboxylic acid groups (broad SMARTS) is 1. The Hall–Kier alpha value is -1.14. The summed E-state index contributed by atoms with van der Waals surface area (Å²) in [4.78, 5) is 18.1. The number of anilines is 1. The van der Waals surface area contributed by atoms with E-state index in [1.165, 1.54) is 37.3 Å². The summed E-state index contributed by atoms with van der Waals surface area (Å²) in [5.41, 5.74) is -0.302. The number of nitrogens with one attached hydrogen (secondary N) is 1. The zero-order chi connectivity index (χ0) is 14.6. The number of hydrogen-bond donors (Lipinski definition) is 2. The van der Waals surface area contributed by atoms with Crippen molar-refractivity contribution in [1.29, 1.82) is 0 Å². The Kier molecular flexibility index (Phi) is 4.99. The van der Waals surface area contributed by atoms with E-state index in [0.29, 0.717) is 5.69 Å². The van der Waals surface area contributed by atoms with Gasteiger partial charge in [0.2, 0.25) is 0 Å². The molecular formula is C14H23N3O2S. The molecule has 0 amide bonds. The van der Waals surface area contributed by atoms with Crippen LogP contribution in [0.5, 0.6) is 0 Å². The van der Waals surface area contributed by atoms with Crippen LogP contribution in [0.2, 0.25) is 0 Å². The number of carboxylic acids is 1. The van der Waals surface area contributed by atoms with E-state index >= 15 is 0 Å². The quantitative estimate of drug-likeness (QED) is 0.757. The molecule has 5 nitrogen and oxygen atoms in total. The Morgan fingerprint density at radius 2 is 2.20 bits per heavy atom. The number of nitrogens with zero attached hydrogens (tertiary/aromatic N) is 2. The molecule has 0 saturated carbocycles. The lowest BCUT2D eigenvalue weighted by Crippen LogP contribution is -2.28. The highest BCUT2D eigenvalue weighted by atomic mass is 32.1. The third-order valence-electron chi connectivity index (χ3n) is 3.81. The van der Waals surface area contributed by atoms with E-state index in [-0.39, 0.29) is 0 Å². The Balaban J connectivity index is 1.76. The first-order chi connectivity index (χ1) is 9.50. The molecule has 2 heterocycles. The molecule has 1 fully saturated rings. The maximum Gasteiger partial charge on any atom is 0.315 e. The molecule has 0 radical (unpaired) electrons. The second-order valence-electron chi connectivity index (χ2n) is 5.80. The molecular weight excluding hydrogens is 274 g/mol. The molecule has 20 heavy (non-hydrogen) atoms. The van der Waals surface area contributed by atoms with Gasteiger partial charge < -0.3 is 15.3 Å². The van der Waals surface area contributed by atoms with Gasteiger partial charge in [0.05, 0.1) is 5.69 Å². The fourth-order valence-electron chi connectivity index (χ4n) is 2.26. The Morgan fingerprint density at radius 3 is 2.85 bits per heavy atom. The van der Waals surface area contributed by atoms with Gasteiger partial charge in [-0.25, -0.2) is 4.98 Å². The van der Waals surface area contributed by atoms with Gasteiger partial charge in [-0.3, -0.25) is 4.79 Å². The number of hydrogen-bond acceptors (Lipinski definition) is 5. The minimum Gasteiger partial charge on any atom is -0.481 e. The van der Waals surface area contributed by atoms with E-state index in [0.717, 1.165) is 24.6 Å². The van der Waals surface area contributed by atoms with Crippen molar-refractivity contribution in [2.75, 3.05) is 31.5 Å². The fraction of sp³-hybridized carbons (Fsp3) is 0.714. The Bertz CT molecular complexity index is 453. The van der Waals surface area contributed by atoms with E-state index < -0.39 is 11.4 Å². The second-order valence-corrected chi connectivity index (χ2v) is 6.66. The summed E-state index contributed by atoms with van der Waals surface area (Å²) in [6.45, 7) is 7.84. The molecule has 1 aromatic heterocycles. The minimum absolute atomic E-state index is 0.622. The van der Waals surface area contributed by atoms with E-state index in [1.807, 2.05) is 5.38 Å². The summed E-state index contributed by atoms with van der Waals surface area (Å²) in [6.07, 6.45) is 3.75. The SMILES string of the molecule is CC(C)(C(=O)O)c1csc(NCCCN2CCCC2)n1. The zero-order valence-electron chi connectivity index (χ0n) is 12.2. The van der Waals surface area contributed by atoms with E-state index in [4.69, 9.17) is 0 Å². The summed E-state index contributed by atoms with van der Waals surface area (Å²) < 4.78 is 0. The number of aromatic nitrogens is 1. The van der Waals surface area contributed by atoms with Gasteiger partial charge in [-0.1, -0.05) is 0 Å². The van der Waals surface area contributed by atoms with Crippen molar-refractivity contribution in [3.8, 4) is 0 Å². The first-order valence-electron chi connectivity index (χ1n) is 7.16. The van der Waals surface area contributed by atoms with Gasteiger partial charge in [-0.2, -0.15) is 0 Å². The number of thiazole rings is 1. The van der Waals surface area contributed by atoms with Crippen molar-refractivity contribution in [3.05, 3.63) is 11.1 Å². The average Bonchev–Trinajstić information content (AvgIpc) is 3.06. The normalized spacial score (nSPS) is 16.5. The number of likely N-dealkylation sites (tertiary alicyclic amines) is 1. The predicted molar refractivity (Wildman–Crippen MR) is 81.6 cm³/mol. The lowest BCUT2D eigenvalue weighted by atomic mass is 9.90. The fourth-order valence-corrected chi connectivity index (χ4v) is 3.16. The molecule has 6 heteroatoms. The first-order valence-corrected chi connectivity index (χ1v) is 8.04. The summed E-state index contributed by atoms with van der Waals surface area (Å²) >= 11 is 1.48. The van der Waals surface area contributed by atoms with Crippen molar-refractivity contribution in [1.82, 2.24) is 9.88 Å². The molecule has 0 unspecified atom stereocenters. The lowest BCUT2D eigenvalue weighted by molar-refractivity contribution is -0.142. The highest BCUT2D eigenvalue weighted by Gasteiger charge is 2.32. The zero-order valence-corrected chi connectivity index (χ0v) is 13.0. The average molecular weight is 297 g/mol. The monoisotopic (exact) mass is 297 g/mol. The van der Waals surface area contributed by atoms with Crippen LogP contribution in [-0.2, 0) is 10.2 Å². The number of rotatable bonds is 7. The smallest absolute Gasteiger partial charge is 0.315 e. The Morgan fingerprint density at radius 1 is 1.50 bits per heavy atom. The van der Waals surface area contributed by atoms with Crippen LogP contribution in [0.1, 0.15) is 38.8 Å². The van der Waals surface area contributed by atoms with Crippen LogP contribution in [0.4, 0.5) is 5.13 Å². The molecule has 2 N–H and O–H groups in total. The van der Waals surface area contributed by atoms with Crippen LogP contribution in [0.25, 0.3) is 0 Å². The van der Waals surface area contributed by atoms with Gasteiger partial charge in [0.1, 0.15) is 5.41 Å². The maximum atomic E-state index is 11.2. The third kappa shape index (κ3) is 3.70. The molecule has 0 spiro atoms. The van der Waals surface area contributed by atoms with E-state index in [9.17, 15) is 9.90 Å². The van der Waals surface area contributed by atoms with Crippen LogP contribution >= 0.6 is 11.3 Å². The summed E-state index contributed by atoms with van der Waals surface area (Å²) in [5, 5.41) is 15.1. The molecule has 1 aliphatic rings. The highest BCUT2D eigenvalue weighted by Crippen LogP contribution is 2.27. The van der Waals surface area contributed by atoms with Gasteiger partial charge in [0.25, 0.3) is 0 Å². The molecule has 1 aliphatic heterocycles. The van der Waals surface area contributed by atoms with E-state index in [2.05, 4.69) is 15.2 Å². The standard InChI is InChI=1S/C14H23N3O2S/c1-14(2,12(18)19)11-10-20-13(16-11)15-6-5-9-17-7-3-4-8-17/h10H,3-9H2,1-2H3,(H,15,16)(H,18,19). The molecule has 2 rings (SSSR count). The summed E-state index contributed by atoms with van der Waals surface area (Å²) in [7, 11) is 0. The van der Waals surface area contributed by atoms with Crippen molar-refractivity contribution < 1.29 is 9.90 Å². The van der Waals surface area contributed by atoms with Gasteiger partial charge in [-0.15, -0.1) is 11.3 Å². The number of carbonyl (C=O) groups is 1. The first kappa shape index (κ1) is 15.3. The summed E-state index contributed by atoms with van der Waals surface area (Å²) in [5.74, 6) is -0.844. The molecule has 0 aliphatic carbocycles. The van der Waals surface area contributed by atoms with Crippen LogP contribution in [0, 0.1) is 0 Å². The third-order valence-corrected chi connectivity index (χ3v) is 4.61. The van der Waals surface area contributed by atoms with Gasteiger partial charge in [0, 0.05) is 11.9 Å². The topological polar surface area (TPSA) is 65.5 Å². The molecule has 0 aromatic carbocycles. The maximum absolute atomic E-state index is 11.2. The molecule has 1 saturated heterocycles. The second kappa shape index (κ2) is 6.54. The van der Waals surface area contributed by atoms with Gasteiger partial charge in [-0.05, 0) is 52.7 Å². The molecule has 1 aromatic rings. The van der Waals surface area contributed by atoms with Crippen molar-refractivity contribution in [2.45, 2.75) is 38.5 Å². The van der Waals surface area contributed by atoms with E-state index in [1.54, 1.807) is 13.8 Å². The molecule has 112 valence electrons. The van der Waals surface area contributed by atoms with Crippen LogP contribution in [0.3, 0.4) is 0 Å². The van der Waals surface area contributed by atoms with Crippen LogP contribution in [0.15, 0.2) is 5.38 Å². The minimum atomic E-state index is -0.925. The largest absolute Gasteiger partial charge is 0.481 e. The highest BCUT2D eigenvalue weighted by molar-refractivity contribution is 7.13. The van der Waals surface area contributed by atoms with Gasteiger partial charge in [0.15, 0.2) is 5.13 Å². The van der Waals surface area contributed by atoms with Crippen molar-refractivity contribution in [2.24, 2.45) is 0 Å². The van der Waals surface area contributed by atoms with Crippen molar-refractivity contribution >= 4 is 22.4 Å². The molecule has 0 bridgehead atoms. The lowest BCUT2D eigenvalue weighted by Gasteiger charge is -2.16. The summed E-state index contributed by atoms with van der Waals surface area (Å²) in [6, 6.07) is 0. The Labute approximate surface area is 124 Å². The predicted octanol–water partition coefficient (Wildman–Crippen LogP) is 2.40.